The zero-order chi connectivity index (χ0) is 14.5. The SMILES string of the molecule is CCNC(Cc1cc(Br)ccc1F)c1ccc(CC)s1. The molecular weight excluding hydrogens is 337 g/mol. The fourth-order valence-corrected chi connectivity index (χ4v) is 3.65. The van der Waals surface area contributed by atoms with E-state index >= 15 is 0 Å². The van der Waals surface area contributed by atoms with Gasteiger partial charge >= 0.3 is 0 Å². The van der Waals surface area contributed by atoms with E-state index in [0.717, 1.165) is 23.0 Å². The van der Waals surface area contributed by atoms with E-state index in [1.807, 2.05) is 17.4 Å². The van der Waals surface area contributed by atoms with E-state index in [2.05, 4.69) is 47.2 Å². The second-order valence-electron chi connectivity index (χ2n) is 4.71. The summed E-state index contributed by atoms with van der Waals surface area (Å²) in [6, 6.07) is 9.63. The number of hydrogen-bond acceptors (Lipinski definition) is 2. The molecule has 0 fully saturated rings. The summed E-state index contributed by atoms with van der Waals surface area (Å²) in [5.74, 6) is -0.136. The minimum atomic E-state index is -0.136. The Hall–Kier alpha value is -0.710. The average molecular weight is 356 g/mol. The van der Waals surface area contributed by atoms with Gasteiger partial charge in [0, 0.05) is 20.3 Å². The van der Waals surface area contributed by atoms with Gasteiger partial charge in [-0.25, -0.2) is 4.39 Å². The summed E-state index contributed by atoms with van der Waals surface area (Å²) in [5, 5.41) is 3.46. The van der Waals surface area contributed by atoms with Gasteiger partial charge in [-0.3, -0.25) is 0 Å². The summed E-state index contributed by atoms with van der Waals surface area (Å²) in [7, 11) is 0. The van der Waals surface area contributed by atoms with Crippen molar-refractivity contribution in [2.75, 3.05) is 6.54 Å². The summed E-state index contributed by atoms with van der Waals surface area (Å²) in [5.41, 5.74) is 0.747. The Labute approximate surface area is 132 Å². The predicted molar refractivity (Wildman–Crippen MR) is 87.9 cm³/mol. The first-order valence-corrected chi connectivity index (χ1v) is 8.50. The van der Waals surface area contributed by atoms with Crippen molar-refractivity contribution < 1.29 is 4.39 Å². The van der Waals surface area contributed by atoms with Gasteiger partial charge in [0.15, 0.2) is 0 Å². The van der Waals surface area contributed by atoms with Crippen LogP contribution in [0.25, 0.3) is 0 Å². The van der Waals surface area contributed by atoms with Gasteiger partial charge in [0.2, 0.25) is 0 Å². The third-order valence-corrected chi connectivity index (χ3v) is 5.09. The fourth-order valence-electron chi connectivity index (χ4n) is 2.21. The lowest BCUT2D eigenvalue weighted by atomic mass is 10.0. The second-order valence-corrected chi connectivity index (χ2v) is 6.82. The van der Waals surface area contributed by atoms with Crippen LogP contribution in [0.1, 0.15) is 35.2 Å². The molecule has 2 aromatic rings. The molecule has 0 aliphatic heterocycles. The predicted octanol–water partition coefficient (Wildman–Crippen LogP) is 5.11. The number of aryl methyl sites for hydroxylation is 1. The van der Waals surface area contributed by atoms with E-state index in [4.69, 9.17) is 0 Å². The van der Waals surface area contributed by atoms with Crippen LogP contribution >= 0.6 is 27.3 Å². The third kappa shape index (κ3) is 3.90. The van der Waals surface area contributed by atoms with E-state index < -0.39 is 0 Å². The lowest BCUT2D eigenvalue weighted by Crippen LogP contribution is -2.22. The highest BCUT2D eigenvalue weighted by molar-refractivity contribution is 9.10. The molecule has 1 aromatic heterocycles. The van der Waals surface area contributed by atoms with Crippen molar-refractivity contribution in [1.82, 2.24) is 5.32 Å². The van der Waals surface area contributed by atoms with Crippen molar-refractivity contribution in [3.05, 3.63) is 55.9 Å². The maximum atomic E-state index is 13.9. The number of rotatable bonds is 6. The Kier molecular flexibility index (Phi) is 5.75. The van der Waals surface area contributed by atoms with Crippen molar-refractivity contribution >= 4 is 27.3 Å². The molecule has 108 valence electrons. The van der Waals surface area contributed by atoms with E-state index in [1.54, 1.807) is 6.07 Å². The van der Waals surface area contributed by atoms with Crippen LogP contribution in [0, 0.1) is 5.82 Å². The number of benzene rings is 1. The van der Waals surface area contributed by atoms with Gasteiger partial charge in [-0.05, 0) is 55.3 Å². The van der Waals surface area contributed by atoms with Crippen LogP contribution in [-0.2, 0) is 12.8 Å². The molecule has 0 aliphatic carbocycles. The van der Waals surface area contributed by atoms with Gasteiger partial charge in [-0.2, -0.15) is 0 Å². The largest absolute Gasteiger partial charge is 0.309 e. The Balaban J connectivity index is 2.22. The molecule has 0 radical (unpaired) electrons. The van der Waals surface area contributed by atoms with Crippen LogP contribution in [0.3, 0.4) is 0 Å². The van der Waals surface area contributed by atoms with Gasteiger partial charge in [0.25, 0.3) is 0 Å². The van der Waals surface area contributed by atoms with Crippen molar-refractivity contribution in [3.8, 4) is 0 Å². The van der Waals surface area contributed by atoms with Gasteiger partial charge in [0.05, 0.1) is 0 Å². The first-order chi connectivity index (χ1) is 9.63. The Bertz CT molecular complexity index is 567. The molecule has 4 heteroatoms. The van der Waals surface area contributed by atoms with Crippen LogP contribution in [-0.4, -0.2) is 6.54 Å². The molecule has 1 atom stereocenters. The monoisotopic (exact) mass is 355 g/mol. The fraction of sp³-hybridized carbons (Fsp3) is 0.375. The Morgan fingerprint density at radius 1 is 1.25 bits per heavy atom. The quantitative estimate of drug-likeness (QED) is 0.759. The van der Waals surface area contributed by atoms with E-state index in [9.17, 15) is 4.39 Å². The molecule has 0 bridgehead atoms. The molecule has 0 aliphatic rings. The van der Waals surface area contributed by atoms with Gasteiger partial charge in [-0.15, -0.1) is 11.3 Å². The van der Waals surface area contributed by atoms with Crippen LogP contribution in [0.5, 0.6) is 0 Å². The van der Waals surface area contributed by atoms with Crippen LogP contribution in [0.15, 0.2) is 34.8 Å². The molecule has 0 spiro atoms. The highest BCUT2D eigenvalue weighted by atomic mass is 79.9. The maximum Gasteiger partial charge on any atom is 0.126 e. The van der Waals surface area contributed by atoms with Gasteiger partial charge in [0.1, 0.15) is 5.82 Å². The number of likely N-dealkylation sites (N-methyl/N-ethyl adjacent to an activating group) is 1. The lowest BCUT2D eigenvalue weighted by Gasteiger charge is -2.17. The topological polar surface area (TPSA) is 12.0 Å². The molecule has 1 nitrogen and oxygen atoms in total. The number of hydrogen-bond donors (Lipinski definition) is 1. The third-order valence-electron chi connectivity index (χ3n) is 3.26. The van der Waals surface area contributed by atoms with Crippen molar-refractivity contribution in [3.63, 3.8) is 0 Å². The zero-order valence-corrected chi connectivity index (χ0v) is 14.2. The summed E-state index contributed by atoms with van der Waals surface area (Å²) in [4.78, 5) is 2.65. The van der Waals surface area contributed by atoms with Crippen LogP contribution in [0.2, 0.25) is 0 Å². The highest BCUT2D eigenvalue weighted by Crippen LogP contribution is 2.28. The summed E-state index contributed by atoms with van der Waals surface area (Å²) in [6.45, 7) is 5.12. The zero-order valence-electron chi connectivity index (χ0n) is 11.7. The molecule has 0 saturated carbocycles. The normalized spacial score (nSPS) is 12.6. The van der Waals surface area contributed by atoms with Crippen LogP contribution in [0.4, 0.5) is 4.39 Å². The molecular formula is C16H19BrFNS. The Morgan fingerprint density at radius 2 is 2.05 bits per heavy atom. The molecule has 2 rings (SSSR count). The van der Waals surface area contributed by atoms with Crippen molar-refractivity contribution in [2.24, 2.45) is 0 Å². The summed E-state index contributed by atoms with van der Waals surface area (Å²) < 4.78 is 14.8. The number of halogens is 2. The van der Waals surface area contributed by atoms with Crippen LogP contribution < -0.4 is 5.32 Å². The maximum absolute atomic E-state index is 13.9. The first-order valence-electron chi connectivity index (χ1n) is 6.90. The molecule has 1 aromatic carbocycles. The Morgan fingerprint density at radius 3 is 2.70 bits per heavy atom. The smallest absolute Gasteiger partial charge is 0.126 e. The standard InChI is InChI=1S/C16H19BrFNS/c1-3-13-6-8-16(20-13)15(19-4-2)10-11-9-12(17)5-7-14(11)18/h5-9,15,19H,3-4,10H2,1-2H3. The first kappa shape index (κ1) is 15.7. The molecule has 0 amide bonds. The highest BCUT2D eigenvalue weighted by Gasteiger charge is 2.16. The minimum absolute atomic E-state index is 0.136. The molecule has 20 heavy (non-hydrogen) atoms. The minimum Gasteiger partial charge on any atom is -0.309 e. The molecule has 1 N–H and O–H groups in total. The summed E-state index contributed by atoms with van der Waals surface area (Å²) >= 11 is 5.23. The molecule has 0 saturated heterocycles. The van der Waals surface area contributed by atoms with Gasteiger partial charge < -0.3 is 5.32 Å². The summed E-state index contributed by atoms with van der Waals surface area (Å²) in [6.07, 6.45) is 1.72. The van der Waals surface area contributed by atoms with Gasteiger partial charge in [-0.1, -0.05) is 29.8 Å². The number of thiophene rings is 1. The molecule has 1 heterocycles. The average Bonchev–Trinajstić information content (AvgIpc) is 2.91. The molecule has 1 unspecified atom stereocenters. The number of nitrogens with one attached hydrogen (secondary N) is 1. The van der Waals surface area contributed by atoms with E-state index in [0.29, 0.717) is 6.42 Å². The van der Waals surface area contributed by atoms with Crippen molar-refractivity contribution in [1.29, 1.82) is 0 Å². The van der Waals surface area contributed by atoms with E-state index in [1.165, 1.54) is 15.8 Å². The van der Waals surface area contributed by atoms with Crippen molar-refractivity contribution in [2.45, 2.75) is 32.7 Å². The van der Waals surface area contributed by atoms with E-state index in [-0.39, 0.29) is 11.9 Å². The lowest BCUT2D eigenvalue weighted by molar-refractivity contribution is 0.534. The second kappa shape index (κ2) is 7.34.